The lowest BCUT2D eigenvalue weighted by Crippen LogP contribution is -2.27. The summed E-state index contributed by atoms with van der Waals surface area (Å²) in [4.78, 5) is 12.5. The van der Waals surface area contributed by atoms with Crippen molar-refractivity contribution in [3.63, 3.8) is 0 Å². The largest absolute Gasteiger partial charge is 0.496 e. The topological polar surface area (TPSA) is 63.2 Å². The number of rotatable bonds is 5. The summed E-state index contributed by atoms with van der Waals surface area (Å²) in [7, 11) is 3.42. The minimum atomic E-state index is -0.161. The molecule has 22 heavy (non-hydrogen) atoms. The number of aromatic nitrogens is 1. The van der Waals surface area contributed by atoms with Gasteiger partial charge >= 0.3 is 0 Å². The van der Waals surface area contributed by atoms with Crippen LogP contribution < -0.4 is 15.4 Å². The van der Waals surface area contributed by atoms with Crippen LogP contribution in [0, 0.1) is 13.8 Å². The first-order valence-corrected chi connectivity index (χ1v) is 7.84. The number of carbonyl (C=O) groups excluding carboxylic acids is 1. The maximum absolute atomic E-state index is 12.5. The summed E-state index contributed by atoms with van der Waals surface area (Å²) in [6.07, 6.45) is 0. The summed E-state index contributed by atoms with van der Waals surface area (Å²) in [6.45, 7) is 5.80. The summed E-state index contributed by atoms with van der Waals surface area (Å²) < 4.78 is 9.62. The molecule has 0 saturated heterocycles. The van der Waals surface area contributed by atoms with Crippen LogP contribution in [0.5, 0.6) is 5.75 Å². The third-order valence-electron chi connectivity index (χ3n) is 3.52. The number of aryl methyl sites for hydroxylation is 2. The Morgan fingerprint density at radius 3 is 2.73 bits per heavy atom. The zero-order valence-corrected chi connectivity index (χ0v) is 14.3. The van der Waals surface area contributed by atoms with Crippen molar-refractivity contribution in [2.75, 3.05) is 19.5 Å². The van der Waals surface area contributed by atoms with E-state index in [1.54, 1.807) is 14.2 Å². The summed E-state index contributed by atoms with van der Waals surface area (Å²) in [6, 6.07) is 5.78. The molecule has 1 aromatic carbocycles. The van der Waals surface area contributed by atoms with Crippen LogP contribution in [-0.2, 0) is 0 Å². The Bertz CT molecular complexity index is 682. The Hall–Kier alpha value is -2.08. The van der Waals surface area contributed by atoms with E-state index in [0.717, 1.165) is 27.6 Å². The molecule has 6 heteroatoms. The van der Waals surface area contributed by atoms with Gasteiger partial charge in [0.25, 0.3) is 5.91 Å². The average molecular weight is 319 g/mol. The number of hydrogen-bond donors (Lipinski definition) is 2. The molecule has 2 N–H and O–H groups in total. The van der Waals surface area contributed by atoms with Crippen LogP contribution in [0.3, 0.4) is 0 Å². The van der Waals surface area contributed by atoms with E-state index < -0.39 is 0 Å². The molecular formula is C16H21N3O2S. The van der Waals surface area contributed by atoms with Gasteiger partial charge in [-0.15, -0.1) is 0 Å². The van der Waals surface area contributed by atoms with Crippen LogP contribution >= 0.6 is 11.5 Å². The van der Waals surface area contributed by atoms with Gasteiger partial charge in [-0.05, 0) is 38.4 Å². The predicted molar refractivity (Wildman–Crippen MR) is 90.0 cm³/mol. The van der Waals surface area contributed by atoms with E-state index in [0.29, 0.717) is 5.56 Å². The first kappa shape index (κ1) is 16.3. The second-order valence-corrected chi connectivity index (χ2v) is 5.94. The number of anilines is 1. The molecule has 2 aromatic rings. The zero-order valence-electron chi connectivity index (χ0n) is 13.5. The number of nitrogens with zero attached hydrogens (tertiary/aromatic N) is 1. The van der Waals surface area contributed by atoms with Crippen LogP contribution in [0.2, 0.25) is 0 Å². The summed E-state index contributed by atoms with van der Waals surface area (Å²) in [5.41, 5.74) is 3.42. The average Bonchev–Trinajstić information content (AvgIpc) is 2.88. The molecule has 0 fully saturated rings. The zero-order chi connectivity index (χ0) is 16.3. The number of methoxy groups -OCH3 is 1. The molecule has 0 saturated carbocycles. The van der Waals surface area contributed by atoms with Crippen LogP contribution in [0.25, 0.3) is 0 Å². The van der Waals surface area contributed by atoms with Crippen molar-refractivity contribution in [1.82, 2.24) is 9.69 Å². The van der Waals surface area contributed by atoms with Gasteiger partial charge in [0.15, 0.2) is 0 Å². The van der Waals surface area contributed by atoms with Gasteiger partial charge in [-0.3, -0.25) is 4.79 Å². The van der Waals surface area contributed by atoms with Gasteiger partial charge in [-0.1, -0.05) is 17.7 Å². The van der Waals surface area contributed by atoms with Crippen molar-refractivity contribution in [2.45, 2.75) is 26.8 Å². The lowest BCUT2D eigenvalue weighted by molar-refractivity contribution is 0.0940. The van der Waals surface area contributed by atoms with E-state index in [1.165, 1.54) is 11.5 Å². The molecule has 2 rings (SSSR count). The van der Waals surface area contributed by atoms with E-state index in [9.17, 15) is 4.79 Å². The first-order chi connectivity index (χ1) is 10.5. The van der Waals surface area contributed by atoms with Crippen molar-refractivity contribution in [3.8, 4) is 5.75 Å². The molecule has 1 aromatic heterocycles. The van der Waals surface area contributed by atoms with E-state index in [-0.39, 0.29) is 11.9 Å². The van der Waals surface area contributed by atoms with Crippen LogP contribution in [0.1, 0.15) is 40.1 Å². The molecule has 1 unspecified atom stereocenters. The van der Waals surface area contributed by atoms with Gasteiger partial charge in [-0.25, -0.2) is 0 Å². The Balaban J connectivity index is 2.25. The van der Waals surface area contributed by atoms with Gasteiger partial charge < -0.3 is 15.4 Å². The fourth-order valence-corrected chi connectivity index (χ4v) is 3.09. The molecule has 0 aliphatic carbocycles. The van der Waals surface area contributed by atoms with Gasteiger partial charge in [0.05, 0.1) is 24.4 Å². The highest BCUT2D eigenvalue weighted by molar-refractivity contribution is 7.10. The third-order valence-corrected chi connectivity index (χ3v) is 4.47. The van der Waals surface area contributed by atoms with Crippen LogP contribution in [0.15, 0.2) is 18.2 Å². The van der Waals surface area contributed by atoms with Crippen molar-refractivity contribution in [3.05, 3.63) is 40.6 Å². The summed E-state index contributed by atoms with van der Waals surface area (Å²) in [5.74, 6) is 0.638. The van der Waals surface area contributed by atoms with E-state index in [4.69, 9.17) is 4.74 Å². The van der Waals surface area contributed by atoms with Gasteiger partial charge in [0, 0.05) is 12.6 Å². The van der Waals surface area contributed by atoms with E-state index >= 15 is 0 Å². The molecule has 0 aliphatic rings. The summed E-state index contributed by atoms with van der Waals surface area (Å²) in [5, 5.41) is 6.81. The molecule has 1 amide bonds. The number of hydrogen-bond acceptors (Lipinski definition) is 5. The Kier molecular flexibility index (Phi) is 5.03. The number of ether oxygens (including phenoxy) is 1. The number of nitrogens with one attached hydrogen (secondary N) is 2. The fraction of sp³-hybridized carbons (Fsp3) is 0.375. The van der Waals surface area contributed by atoms with Crippen LogP contribution in [-0.4, -0.2) is 24.4 Å². The first-order valence-electron chi connectivity index (χ1n) is 7.07. The minimum absolute atomic E-state index is 0.133. The molecule has 0 bridgehead atoms. The molecule has 0 spiro atoms. The lowest BCUT2D eigenvalue weighted by Gasteiger charge is -2.18. The molecule has 118 valence electrons. The molecule has 1 atom stereocenters. The highest BCUT2D eigenvalue weighted by Crippen LogP contribution is 2.28. The molecule has 1 heterocycles. The summed E-state index contributed by atoms with van der Waals surface area (Å²) >= 11 is 1.29. The normalized spacial score (nSPS) is 11.9. The third kappa shape index (κ3) is 3.22. The van der Waals surface area contributed by atoms with Crippen molar-refractivity contribution < 1.29 is 9.53 Å². The lowest BCUT2D eigenvalue weighted by atomic mass is 10.0. The number of benzene rings is 1. The van der Waals surface area contributed by atoms with Crippen molar-refractivity contribution in [1.29, 1.82) is 0 Å². The van der Waals surface area contributed by atoms with Crippen LogP contribution in [0.4, 0.5) is 5.00 Å². The number of amides is 1. The second-order valence-electron chi connectivity index (χ2n) is 5.16. The molecule has 0 radical (unpaired) electrons. The van der Waals surface area contributed by atoms with E-state index in [1.807, 2.05) is 39.0 Å². The van der Waals surface area contributed by atoms with Crippen molar-refractivity contribution >= 4 is 22.4 Å². The second kappa shape index (κ2) is 6.79. The SMILES string of the molecule is CNc1snc(C)c1C(=O)NC(C)c1cc(C)ccc1OC. The highest BCUT2D eigenvalue weighted by Gasteiger charge is 2.21. The minimum Gasteiger partial charge on any atom is -0.496 e. The monoisotopic (exact) mass is 319 g/mol. The van der Waals surface area contributed by atoms with E-state index in [2.05, 4.69) is 15.0 Å². The fourth-order valence-electron chi connectivity index (χ4n) is 2.35. The Morgan fingerprint density at radius 2 is 2.09 bits per heavy atom. The maximum atomic E-state index is 12.5. The molecule has 5 nitrogen and oxygen atoms in total. The standard InChI is InChI=1S/C16H21N3O2S/c1-9-6-7-13(21-5)12(8-9)10(2)18-15(20)14-11(3)19-22-16(14)17-4/h6-8,10,17H,1-5H3,(H,18,20). The van der Waals surface area contributed by atoms with Crippen molar-refractivity contribution in [2.24, 2.45) is 0 Å². The molecule has 0 aliphatic heterocycles. The maximum Gasteiger partial charge on any atom is 0.256 e. The van der Waals surface area contributed by atoms with Gasteiger partial charge in [-0.2, -0.15) is 4.37 Å². The van der Waals surface area contributed by atoms with Gasteiger partial charge in [0.1, 0.15) is 10.8 Å². The quantitative estimate of drug-likeness (QED) is 0.887. The number of carbonyl (C=O) groups is 1. The Labute approximate surface area is 134 Å². The van der Waals surface area contributed by atoms with Gasteiger partial charge in [0.2, 0.25) is 0 Å². The predicted octanol–water partition coefficient (Wildman–Crippen LogP) is 3.30. The molecular weight excluding hydrogens is 298 g/mol. The highest BCUT2D eigenvalue weighted by atomic mass is 32.1. The smallest absolute Gasteiger partial charge is 0.256 e. The Morgan fingerprint density at radius 1 is 1.36 bits per heavy atom.